The topological polar surface area (TPSA) is 183 Å². The molecule has 14 nitrogen and oxygen atoms in total. The summed E-state index contributed by atoms with van der Waals surface area (Å²) in [5, 5.41) is 3.60. The van der Waals surface area contributed by atoms with Gasteiger partial charge in [-0.05, 0) is 25.7 Å². The molecule has 5 amide bonds. The highest BCUT2D eigenvalue weighted by Crippen LogP contribution is 2.14. The smallest absolute Gasteiger partial charge is 0.333 e. The first-order valence-corrected chi connectivity index (χ1v) is 12.7. The van der Waals surface area contributed by atoms with Crippen LogP contribution in [0.5, 0.6) is 0 Å². The molecule has 2 aliphatic rings. The van der Waals surface area contributed by atoms with Crippen molar-refractivity contribution in [1.82, 2.24) is 15.4 Å². The summed E-state index contributed by atoms with van der Waals surface area (Å²) in [5.41, 5.74) is 0. The number of hydrogen-bond acceptors (Lipinski definition) is 11. The second-order valence-corrected chi connectivity index (χ2v) is 8.76. The standard InChI is InChI=1S/C24H33N3O11/c28-17(6-3-8-23(34)37-26-19(30)10-11-20(26)31)5-1-2-15-36-16-14-25-18(29)7-4-9-24(35)38-27-21(32)12-13-22(27)33/h1-16H2,(H,25,29). The molecule has 14 heteroatoms. The number of unbranched alkanes of at least 4 members (excludes halogenated alkanes) is 1. The van der Waals surface area contributed by atoms with Crippen molar-refractivity contribution >= 4 is 47.3 Å². The fourth-order valence-corrected chi connectivity index (χ4v) is 3.54. The Morgan fingerprint density at radius 2 is 1.08 bits per heavy atom. The summed E-state index contributed by atoms with van der Waals surface area (Å²) in [6, 6.07) is 0. The molecule has 0 bridgehead atoms. The van der Waals surface area contributed by atoms with E-state index in [1.165, 1.54) is 0 Å². The maximum absolute atomic E-state index is 11.9. The second-order valence-electron chi connectivity index (χ2n) is 8.76. The number of carbonyl (C=O) groups excluding carboxylic acids is 8. The number of Topliss-reactive ketones (excluding diaryl/α,β-unsaturated/α-hetero) is 1. The van der Waals surface area contributed by atoms with Gasteiger partial charge in [0.2, 0.25) is 5.91 Å². The first-order valence-electron chi connectivity index (χ1n) is 12.7. The van der Waals surface area contributed by atoms with Crippen molar-refractivity contribution in [3.05, 3.63) is 0 Å². The van der Waals surface area contributed by atoms with Crippen molar-refractivity contribution < 1.29 is 52.8 Å². The van der Waals surface area contributed by atoms with E-state index in [2.05, 4.69) is 5.32 Å². The number of hydroxylamine groups is 4. The van der Waals surface area contributed by atoms with Crippen LogP contribution in [0.4, 0.5) is 0 Å². The Morgan fingerprint density at radius 1 is 0.605 bits per heavy atom. The summed E-state index contributed by atoms with van der Waals surface area (Å²) in [5.74, 6) is -3.96. The lowest BCUT2D eigenvalue weighted by Gasteiger charge is -2.12. The molecule has 2 aliphatic heterocycles. The first kappa shape index (κ1) is 30.5. The van der Waals surface area contributed by atoms with Crippen LogP contribution in [0.1, 0.15) is 83.5 Å². The number of nitrogens with zero attached hydrogens (tertiary/aromatic N) is 2. The van der Waals surface area contributed by atoms with E-state index in [9.17, 15) is 38.4 Å². The van der Waals surface area contributed by atoms with Gasteiger partial charge in [0.15, 0.2) is 0 Å². The quantitative estimate of drug-likeness (QED) is 0.188. The number of amides is 5. The molecule has 0 unspecified atom stereocenters. The van der Waals surface area contributed by atoms with E-state index in [1.807, 2.05) is 0 Å². The van der Waals surface area contributed by atoms with Crippen LogP contribution < -0.4 is 5.32 Å². The summed E-state index contributed by atoms with van der Waals surface area (Å²) >= 11 is 0. The van der Waals surface area contributed by atoms with Gasteiger partial charge in [-0.25, -0.2) is 9.59 Å². The normalized spacial score (nSPS) is 15.3. The van der Waals surface area contributed by atoms with Crippen molar-refractivity contribution in [3.8, 4) is 0 Å². The van der Waals surface area contributed by atoms with E-state index in [1.54, 1.807) is 0 Å². The molecule has 2 fully saturated rings. The van der Waals surface area contributed by atoms with Gasteiger partial charge in [-0.1, -0.05) is 0 Å². The molecule has 0 aromatic carbocycles. The zero-order chi connectivity index (χ0) is 27.9. The Bertz CT molecular complexity index is 828. The summed E-state index contributed by atoms with van der Waals surface area (Å²) < 4.78 is 5.41. The number of carbonyl (C=O) groups is 8. The van der Waals surface area contributed by atoms with Gasteiger partial charge < -0.3 is 19.7 Å². The highest BCUT2D eigenvalue weighted by atomic mass is 16.7. The van der Waals surface area contributed by atoms with Crippen LogP contribution in [0.15, 0.2) is 0 Å². The van der Waals surface area contributed by atoms with E-state index in [0.29, 0.717) is 36.0 Å². The second kappa shape index (κ2) is 16.2. The highest BCUT2D eigenvalue weighted by molar-refractivity contribution is 6.02. The number of rotatable bonds is 18. The molecule has 0 saturated carbocycles. The van der Waals surface area contributed by atoms with Crippen molar-refractivity contribution in [3.63, 3.8) is 0 Å². The van der Waals surface area contributed by atoms with Gasteiger partial charge in [-0.15, -0.1) is 10.1 Å². The van der Waals surface area contributed by atoms with Crippen molar-refractivity contribution in [2.45, 2.75) is 83.5 Å². The van der Waals surface area contributed by atoms with Gasteiger partial charge in [0.05, 0.1) is 6.61 Å². The largest absolute Gasteiger partial charge is 0.380 e. The van der Waals surface area contributed by atoms with Crippen LogP contribution in [-0.4, -0.2) is 77.1 Å². The van der Waals surface area contributed by atoms with E-state index in [0.717, 1.165) is 0 Å². The zero-order valence-corrected chi connectivity index (χ0v) is 21.2. The number of ether oxygens (including phenoxy) is 1. The lowest BCUT2D eigenvalue weighted by atomic mass is 10.1. The number of hydrogen-bond donors (Lipinski definition) is 1. The van der Waals surface area contributed by atoms with Crippen LogP contribution in [0.2, 0.25) is 0 Å². The molecule has 0 atom stereocenters. The third kappa shape index (κ3) is 11.2. The molecule has 0 aliphatic carbocycles. The summed E-state index contributed by atoms with van der Waals surface area (Å²) in [7, 11) is 0. The van der Waals surface area contributed by atoms with Crippen molar-refractivity contribution in [1.29, 1.82) is 0 Å². The molecule has 2 heterocycles. The minimum Gasteiger partial charge on any atom is -0.380 e. The van der Waals surface area contributed by atoms with Crippen LogP contribution in [0.25, 0.3) is 0 Å². The lowest BCUT2D eigenvalue weighted by Crippen LogP contribution is -2.32. The number of imide groups is 2. The predicted molar refractivity (Wildman–Crippen MR) is 125 cm³/mol. The molecule has 210 valence electrons. The van der Waals surface area contributed by atoms with Crippen molar-refractivity contribution in [2.24, 2.45) is 0 Å². The fourth-order valence-electron chi connectivity index (χ4n) is 3.54. The first-order chi connectivity index (χ1) is 18.2. The Labute approximate surface area is 219 Å². The molecule has 0 aromatic rings. The fraction of sp³-hybridized carbons (Fsp3) is 0.667. The third-order valence-electron chi connectivity index (χ3n) is 5.58. The van der Waals surface area contributed by atoms with E-state index in [4.69, 9.17) is 14.4 Å². The van der Waals surface area contributed by atoms with Gasteiger partial charge in [0.1, 0.15) is 5.78 Å². The minimum absolute atomic E-state index is 0.0131. The van der Waals surface area contributed by atoms with Gasteiger partial charge in [-0.2, -0.15) is 0 Å². The Balaban J connectivity index is 1.38. The Morgan fingerprint density at radius 3 is 1.61 bits per heavy atom. The van der Waals surface area contributed by atoms with E-state index >= 15 is 0 Å². The summed E-state index contributed by atoms with van der Waals surface area (Å²) in [6.45, 7) is 0.974. The highest BCUT2D eigenvalue weighted by Gasteiger charge is 2.33. The molecule has 38 heavy (non-hydrogen) atoms. The monoisotopic (exact) mass is 539 g/mol. The Kier molecular flexibility index (Phi) is 13.0. The SMILES string of the molecule is O=C(CCCCOCCNC(=O)CCCC(=O)ON1C(=O)CCC1=O)CCCC(=O)ON1C(=O)CCC1=O. The number of ketones is 1. The van der Waals surface area contributed by atoms with Crippen LogP contribution in [0, 0.1) is 0 Å². The maximum atomic E-state index is 11.9. The molecule has 0 aromatic heterocycles. The van der Waals surface area contributed by atoms with Gasteiger partial charge >= 0.3 is 11.9 Å². The van der Waals surface area contributed by atoms with Gasteiger partial charge in [-0.3, -0.25) is 28.8 Å². The predicted octanol–water partition coefficient (Wildman–Crippen LogP) is 0.414. The molecule has 2 saturated heterocycles. The maximum Gasteiger partial charge on any atom is 0.333 e. The minimum atomic E-state index is -0.751. The number of nitrogens with one attached hydrogen (secondary N) is 1. The molecule has 0 spiro atoms. The third-order valence-corrected chi connectivity index (χ3v) is 5.58. The molecule has 0 radical (unpaired) electrons. The molecular weight excluding hydrogens is 506 g/mol. The summed E-state index contributed by atoms with van der Waals surface area (Å²) in [6.07, 6.45) is 2.24. The van der Waals surface area contributed by atoms with Crippen LogP contribution in [0.3, 0.4) is 0 Å². The van der Waals surface area contributed by atoms with Crippen LogP contribution >= 0.6 is 0 Å². The average Bonchev–Trinajstić information content (AvgIpc) is 3.35. The van der Waals surface area contributed by atoms with Crippen molar-refractivity contribution in [2.75, 3.05) is 19.8 Å². The van der Waals surface area contributed by atoms with E-state index < -0.39 is 35.6 Å². The van der Waals surface area contributed by atoms with Crippen LogP contribution in [-0.2, 0) is 52.8 Å². The zero-order valence-electron chi connectivity index (χ0n) is 21.2. The average molecular weight is 540 g/mol. The van der Waals surface area contributed by atoms with Gasteiger partial charge in [0.25, 0.3) is 23.6 Å². The molecule has 1 N–H and O–H groups in total. The lowest BCUT2D eigenvalue weighted by molar-refractivity contribution is -0.197. The summed E-state index contributed by atoms with van der Waals surface area (Å²) in [4.78, 5) is 102. The molecule has 2 rings (SSSR count). The Hall–Kier alpha value is -3.68. The van der Waals surface area contributed by atoms with E-state index in [-0.39, 0.29) is 89.1 Å². The van der Waals surface area contributed by atoms with Gasteiger partial charge in [0, 0.05) is 70.9 Å². The molecular formula is C24H33N3O11.